The van der Waals surface area contributed by atoms with Gasteiger partial charge in [-0.25, -0.2) is 4.79 Å². The summed E-state index contributed by atoms with van der Waals surface area (Å²) in [5.74, 6) is 0.415. The molecule has 20 heavy (non-hydrogen) atoms. The zero-order valence-corrected chi connectivity index (χ0v) is 11.8. The van der Waals surface area contributed by atoms with Crippen LogP contribution in [0.4, 0.5) is 11.6 Å². The van der Waals surface area contributed by atoms with Gasteiger partial charge in [0.1, 0.15) is 5.82 Å². The van der Waals surface area contributed by atoms with Crippen molar-refractivity contribution in [3.63, 3.8) is 0 Å². The summed E-state index contributed by atoms with van der Waals surface area (Å²) in [6.45, 7) is 2.41. The highest BCUT2D eigenvalue weighted by Gasteiger charge is 2.42. The number of fused-ring (bicyclic) bond motifs is 1. The first kappa shape index (κ1) is 14.8. The van der Waals surface area contributed by atoms with Crippen molar-refractivity contribution in [2.75, 3.05) is 43.6 Å². The van der Waals surface area contributed by atoms with Gasteiger partial charge in [-0.2, -0.15) is 5.10 Å². The van der Waals surface area contributed by atoms with E-state index >= 15 is 0 Å². The second-order valence-corrected chi connectivity index (χ2v) is 4.95. The Morgan fingerprint density at radius 3 is 2.95 bits per heavy atom. The third-order valence-electron chi connectivity index (χ3n) is 3.52. The zero-order valence-electron chi connectivity index (χ0n) is 11.8. The Kier molecular flexibility index (Phi) is 4.26. The number of aliphatic hydroxyl groups is 1. The SMILES string of the molecule is CCCC[N+]1([O-])CN(CCO)c2n[nH]c(NC)c2C1=O. The molecule has 0 saturated carbocycles. The maximum absolute atomic E-state index is 12.8. The maximum atomic E-state index is 12.8. The molecular weight excluding hydrogens is 262 g/mol. The third-order valence-corrected chi connectivity index (χ3v) is 3.52. The molecule has 1 aromatic rings. The Morgan fingerprint density at radius 2 is 2.35 bits per heavy atom. The summed E-state index contributed by atoms with van der Waals surface area (Å²) in [5.41, 5.74) is 0.290. The van der Waals surface area contributed by atoms with Crippen LogP contribution in [0.2, 0.25) is 0 Å². The molecule has 1 aromatic heterocycles. The van der Waals surface area contributed by atoms with Crippen molar-refractivity contribution in [3.8, 4) is 0 Å². The number of carbonyl (C=O) groups is 1. The fraction of sp³-hybridized carbons (Fsp3) is 0.667. The smallest absolute Gasteiger partial charge is 0.354 e. The van der Waals surface area contributed by atoms with Gasteiger partial charge in [0.15, 0.2) is 18.1 Å². The second-order valence-electron chi connectivity index (χ2n) is 4.95. The molecule has 1 aliphatic heterocycles. The fourth-order valence-corrected chi connectivity index (χ4v) is 2.44. The quantitative estimate of drug-likeness (QED) is 0.518. The van der Waals surface area contributed by atoms with Gasteiger partial charge in [-0.3, -0.25) is 9.75 Å². The van der Waals surface area contributed by atoms with Crippen LogP contribution in [-0.2, 0) is 0 Å². The number of anilines is 2. The highest BCUT2D eigenvalue weighted by atomic mass is 16.6. The lowest BCUT2D eigenvalue weighted by Gasteiger charge is -2.45. The number of aromatic nitrogens is 2. The first-order valence-corrected chi connectivity index (χ1v) is 6.82. The first-order valence-electron chi connectivity index (χ1n) is 6.82. The van der Waals surface area contributed by atoms with Crippen molar-refractivity contribution in [1.29, 1.82) is 0 Å². The summed E-state index contributed by atoms with van der Waals surface area (Å²) in [6, 6.07) is 0. The standard InChI is InChI=1S/C12H21N5O3/c1-3-4-6-17(20)8-16(5-7-18)11-9(12(17)19)10(13-2)14-15-11/h18H,3-8H2,1-2H3,(H2,13,14,15). The number of rotatable bonds is 6. The number of nitrogens with one attached hydrogen (secondary N) is 2. The van der Waals surface area contributed by atoms with E-state index in [0.717, 1.165) is 6.42 Å². The van der Waals surface area contributed by atoms with Gasteiger partial charge in [-0.05, 0) is 6.42 Å². The fourth-order valence-electron chi connectivity index (χ4n) is 2.44. The monoisotopic (exact) mass is 283 g/mol. The van der Waals surface area contributed by atoms with Crippen molar-refractivity contribution in [2.45, 2.75) is 19.8 Å². The highest BCUT2D eigenvalue weighted by Crippen LogP contribution is 2.33. The lowest BCUT2D eigenvalue weighted by atomic mass is 10.1. The van der Waals surface area contributed by atoms with E-state index in [1.54, 1.807) is 11.9 Å². The molecule has 0 bridgehead atoms. The molecule has 0 radical (unpaired) electrons. The van der Waals surface area contributed by atoms with E-state index in [2.05, 4.69) is 15.5 Å². The Labute approximate surface area is 117 Å². The molecule has 0 aromatic carbocycles. The maximum Gasteiger partial charge on any atom is 0.354 e. The van der Waals surface area contributed by atoms with Gasteiger partial charge in [0, 0.05) is 13.6 Å². The molecule has 0 fully saturated rings. The number of hydroxylamine groups is 3. The van der Waals surface area contributed by atoms with E-state index in [4.69, 9.17) is 5.11 Å². The van der Waals surface area contributed by atoms with Crippen molar-refractivity contribution in [1.82, 2.24) is 10.2 Å². The van der Waals surface area contributed by atoms with Gasteiger partial charge in [-0.15, -0.1) is 0 Å². The Bertz CT molecular complexity index is 489. The Balaban J connectivity index is 2.40. The van der Waals surface area contributed by atoms with Crippen molar-refractivity contribution in [2.24, 2.45) is 0 Å². The van der Waals surface area contributed by atoms with Gasteiger partial charge < -0.3 is 20.5 Å². The Hall–Kier alpha value is -1.64. The lowest BCUT2D eigenvalue weighted by molar-refractivity contribution is -0.799. The number of H-pyrrole nitrogens is 1. The number of carbonyl (C=O) groups excluding carboxylic acids is 1. The van der Waals surface area contributed by atoms with Crippen molar-refractivity contribution >= 4 is 17.5 Å². The number of amides is 1. The van der Waals surface area contributed by atoms with Crippen LogP contribution in [0.3, 0.4) is 0 Å². The van der Waals surface area contributed by atoms with Gasteiger partial charge in [-0.1, -0.05) is 13.3 Å². The molecule has 2 heterocycles. The molecular formula is C12H21N5O3. The second kappa shape index (κ2) is 5.78. The van der Waals surface area contributed by atoms with Crippen LogP contribution < -0.4 is 10.2 Å². The summed E-state index contributed by atoms with van der Waals surface area (Å²) < 4.78 is -0.922. The van der Waals surface area contributed by atoms with E-state index in [9.17, 15) is 10.0 Å². The van der Waals surface area contributed by atoms with Crippen LogP contribution in [-0.4, -0.2) is 59.3 Å². The van der Waals surface area contributed by atoms with Crippen molar-refractivity contribution in [3.05, 3.63) is 10.8 Å². The van der Waals surface area contributed by atoms with Gasteiger partial charge in [0.25, 0.3) is 0 Å². The summed E-state index contributed by atoms with van der Waals surface area (Å²) in [6.07, 6.45) is 1.54. The molecule has 1 atom stereocenters. The van der Waals surface area contributed by atoms with E-state index < -0.39 is 10.6 Å². The van der Waals surface area contributed by atoms with E-state index in [0.29, 0.717) is 23.6 Å². The van der Waals surface area contributed by atoms with Crippen LogP contribution in [0.25, 0.3) is 0 Å². The minimum Gasteiger partial charge on any atom is -0.624 e. The van der Waals surface area contributed by atoms with E-state index in [1.807, 2.05) is 6.92 Å². The van der Waals surface area contributed by atoms with Gasteiger partial charge in [0.05, 0.1) is 13.2 Å². The normalized spacial score (nSPS) is 22.0. The van der Waals surface area contributed by atoms with Crippen LogP contribution in [0, 0.1) is 5.21 Å². The summed E-state index contributed by atoms with van der Waals surface area (Å²) in [7, 11) is 1.66. The molecule has 0 spiro atoms. The number of β-amino-alcohol motifs (C(OH)–C–C–N with tert-alkyl or cyclic N) is 1. The highest BCUT2D eigenvalue weighted by molar-refractivity contribution is 6.01. The molecule has 3 N–H and O–H groups in total. The number of aliphatic hydroxyl groups excluding tert-OH is 1. The van der Waals surface area contributed by atoms with E-state index in [1.165, 1.54) is 0 Å². The average Bonchev–Trinajstić information content (AvgIpc) is 2.87. The molecule has 0 aliphatic carbocycles. The number of quaternary nitrogens is 1. The topological polar surface area (TPSA) is 104 Å². The molecule has 2 rings (SSSR count). The third kappa shape index (κ3) is 2.37. The lowest BCUT2D eigenvalue weighted by Crippen LogP contribution is -2.58. The summed E-state index contributed by atoms with van der Waals surface area (Å²) >= 11 is 0. The largest absolute Gasteiger partial charge is 0.624 e. The molecule has 0 saturated heterocycles. The van der Waals surface area contributed by atoms with Gasteiger partial charge >= 0.3 is 5.91 Å². The molecule has 8 nitrogen and oxygen atoms in total. The first-order chi connectivity index (χ1) is 9.57. The summed E-state index contributed by atoms with van der Waals surface area (Å²) in [4.78, 5) is 14.2. The predicted molar refractivity (Wildman–Crippen MR) is 75.2 cm³/mol. The minimum atomic E-state index is -0.922. The molecule has 8 heteroatoms. The summed E-state index contributed by atoms with van der Waals surface area (Å²) in [5, 5.41) is 31.6. The minimum absolute atomic E-state index is 0.000398. The number of hydrogen-bond donors (Lipinski definition) is 3. The molecule has 1 amide bonds. The molecule has 1 aliphatic rings. The average molecular weight is 283 g/mol. The zero-order chi connectivity index (χ0) is 14.8. The molecule has 1 unspecified atom stereocenters. The number of unbranched alkanes of at least 4 members (excludes halogenated alkanes) is 1. The van der Waals surface area contributed by atoms with Crippen LogP contribution in [0.5, 0.6) is 0 Å². The van der Waals surface area contributed by atoms with Gasteiger partial charge in [0.2, 0.25) is 0 Å². The van der Waals surface area contributed by atoms with Crippen LogP contribution >= 0.6 is 0 Å². The van der Waals surface area contributed by atoms with E-state index in [-0.39, 0.29) is 26.4 Å². The Morgan fingerprint density at radius 1 is 1.60 bits per heavy atom. The van der Waals surface area contributed by atoms with Crippen LogP contribution in [0.1, 0.15) is 30.1 Å². The molecule has 112 valence electrons. The number of hydrogen-bond acceptors (Lipinski definition) is 6. The van der Waals surface area contributed by atoms with Crippen LogP contribution in [0.15, 0.2) is 0 Å². The number of nitrogens with zero attached hydrogens (tertiary/aromatic N) is 3. The predicted octanol–water partition coefficient (Wildman–Crippen LogP) is 0.476. The van der Waals surface area contributed by atoms with Crippen molar-refractivity contribution < 1.29 is 14.5 Å². The number of aromatic amines is 1.